The second kappa shape index (κ2) is 7.34. The van der Waals surface area contributed by atoms with Gasteiger partial charge in [0.2, 0.25) is 0 Å². The predicted octanol–water partition coefficient (Wildman–Crippen LogP) is 2.60. The van der Waals surface area contributed by atoms with Crippen LogP contribution in [0, 0.1) is 0 Å². The van der Waals surface area contributed by atoms with Gasteiger partial charge in [-0.2, -0.15) is 0 Å². The summed E-state index contributed by atoms with van der Waals surface area (Å²) in [6.45, 7) is 0.755. The maximum Gasteiger partial charge on any atom is 0.0905 e. The van der Waals surface area contributed by atoms with Gasteiger partial charge in [-0.15, -0.1) is 0 Å². The van der Waals surface area contributed by atoms with Crippen molar-refractivity contribution in [3.63, 3.8) is 0 Å². The van der Waals surface area contributed by atoms with Gasteiger partial charge in [-0.1, -0.05) is 8.93 Å². The molecule has 1 aliphatic rings. The van der Waals surface area contributed by atoms with Crippen LogP contribution in [-0.4, -0.2) is 35.8 Å². The Bertz CT molecular complexity index is 152. The molecule has 1 aliphatic heterocycles. The first-order valence-electron chi connectivity index (χ1n) is 3.75. The van der Waals surface area contributed by atoms with Crippen molar-refractivity contribution < 1.29 is 14.0 Å². The minimum atomic E-state index is -0.0478. The number of hydrogen-bond acceptors (Lipinski definition) is 5. The van der Waals surface area contributed by atoms with E-state index >= 15 is 0 Å². The lowest BCUT2D eigenvalue weighted by atomic mass is 10.1. The van der Waals surface area contributed by atoms with Gasteiger partial charge in [0.25, 0.3) is 0 Å². The summed E-state index contributed by atoms with van der Waals surface area (Å²) in [6, 6.07) is 0. The summed E-state index contributed by atoms with van der Waals surface area (Å²) in [5, 5.41) is 9.32. The number of aliphatic hydroxyl groups excluding tert-OH is 1. The molecule has 1 rings (SSSR count). The fraction of sp³-hybridized carbons (Fsp3) is 1.00. The summed E-state index contributed by atoms with van der Waals surface area (Å²) in [7, 11) is 3.08. The molecule has 0 aromatic rings. The molecule has 1 saturated heterocycles. The molecular weight excluding hydrogens is 438 g/mol. The monoisotopic (exact) mass is 448 g/mol. The molecule has 0 aromatic carbocycles. The van der Waals surface area contributed by atoms with E-state index in [1.165, 1.54) is 9.21 Å². The molecule has 3 atom stereocenters. The number of hydrogen-bond donors (Lipinski definition) is 1. The minimum absolute atomic E-state index is 0.0478. The van der Waals surface area contributed by atoms with Crippen LogP contribution in [0.3, 0.4) is 0 Å². The van der Waals surface area contributed by atoms with Gasteiger partial charge < -0.3 is 14.0 Å². The maximum absolute atomic E-state index is 8.94. The minimum Gasteiger partial charge on any atom is -0.394 e. The van der Waals surface area contributed by atoms with Crippen molar-refractivity contribution >= 4 is 60.6 Å². The highest BCUT2D eigenvalue weighted by Gasteiger charge is 2.32. The normalized spacial score (nSPS) is 34.8. The van der Waals surface area contributed by atoms with Crippen LogP contribution in [0.1, 0.15) is 6.42 Å². The van der Waals surface area contributed by atoms with Gasteiger partial charge in [-0.25, -0.2) is 0 Å². The predicted molar refractivity (Wildman–Crippen MR) is 73.3 cm³/mol. The SMILES string of the molecule is OCC1CC(OSI)C(SI)CO1. The lowest BCUT2D eigenvalue weighted by molar-refractivity contribution is -0.0485. The Morgan fingerprint density at radius 1 is 1.54 bits per heavy atom. The van der Waals surface area contributed by atoms with Gasteiger partial charge in [0.05, 0.1) is 39.9 Å². The molecule has 1 heterocycles. The van der Waals surface area contributed by atoms with E-state index in [0.717, 1.165) is 6.42 Å². The lowest BCUT2D eigenvalue weighted by Gasteiger charge is -2.32. The van der Waals surface area contributed by atoms with Crippen LogP contribution in [0.4, 0.5) is 0 Å². The molecule has 3 nitrogen and oxygen atoms in total. The number of halogens is 2. The Morgan fingerprint density at radius 3 is 2.85 bits per heavy atom. The van der Waals surface area contributed by atoms with Crippen molar-refractivity contribution in [3.05, 3.63) is 0 Å². The quantitative estimate of drug-likeness (QED) is 0.529. The smallest absolute Gasteiger partial charge is 0.0905 e. The Hall–Kier alpha value is 2.04. The molecule has 0 amide bonds. The van der Waals surface area contributed by atoms with Gasteiger partial charge in [-0.05, 0) is 21.2 Å². The Balaban J connectivity index is 2.42. The summed E-state index contributed by atoms with van der Waals surface area (Å²) in [6.07, 6.45) is 0.927. The highest BCUT2D eigenvalue weighted by atomic mass is 127. The summed E-state index contributed by atoms with van der Waals surface area (Å²) in [5.41, 5.74) is 0. The fourth-order valence-electron chi connectivity index (χ4n) is 1.18. The van der Waals surface area contributed by atoms with Crippen LogP contribution >= 0.6 is 60.6 Å². The Kier molecular flexibility index (Phi) is 7.40. The van der Waals surface area contributed by atoms with Crippen LogP contribution < -0.4 is 0 Å². The second-order valence-electron chi connectivity index (χ2n) is 2.70. The van der Waals surface area contributed by atoms with Crippen molar-refractivity contribution in [1.29, 1.82) is 0 Å². The molecule has 0 radical (unpaired) electrons. The summed E-state index contributed by atoms with van der Waals surface area (Å²) in [4.78, 5) is 0. The summed E-state index contributed by atoms with van der Waals surface area (Å²) in [5.74, 6) is 0. The number of rotatable bonds is 4. The first-order chi connectivity index (χ1) is 6.31. The molecule has 78 valence electrons. The molecule has 0 bridgehead atoms. The third-order valence-electron chi connectivity index (χ3n) is 1.88. The van der Waals surface area contributed by atoms with Crippen LogP contribution in [0.2, 0.25) is 0 Å². The second-order valence-corrected chi connectivity index (χ2v) is 6.41. The molecule has 0 aromatic heterocycles. The highest BCUT2D eigenvalue weighted by molar-refractivity contribution is 14.2. The average Bonchev–Trinajstić information content (AvgIpc) is 2.18. The van der Waals surface area contributed by atoms with E-state index in [4.69, 9.17) is 14.0 Å². The summed E-state index contributed by atoms with van der Waals surface area (Å²) < 4.78 is 10.9. The fourth-order valence-corrected chi connectivity index (χ4v) is 4.19. The van der Waals surface area contributed by atoms with Crippen LogP contribution in [0.15, 0.2) is 0 Å². The first kappa shape index (κ1) is 13.1. The highest BCUT2D eigenvalue weighted by Crippen LogP contribution is 2.34. The van der Waals surface area contributed by atoms with E-state index in [2.05, 4.69) is 42.4 Å². The van der Waals surface area contributed by atoms with Crippen LogP contribution in [0.5, 0.6) is 0 Å². The van der Waals surface area contributed by atoms with Crippen LogP contribution in [0.25, 0.3) is 0 Å². The topological polar surface area (TPSA) is 38.7 Å². The molecule has 1 N–H and O–H groups in total. The molecule has 0 saturated carbocycles. The molecule has 3 unspecified atom stereocenters. The van der Waals surface area contributed by atoms with E-state index in [0.29, 0.717) is 11.9 Å². The molecule has 0 aliphatic carbocycles. The van der Waals surface area contributed by atoms with Crippen LogP contribution in [-0.2, 0) is 8.92 Å². The molecule has 13 heavy (non-hydrogen) atoms. The van der Waals surface area contributed by atoms with Crippen molar-refractivity contribution in [1.82, 2.24) is 0 Å². The Labute approximate surface area is 110 Å². The van der Waals surface area contributed by atoms with Crippen molar-refractivity contribution in [2.24, 2.45) is 0 Å². The number of aliphatic hydroxyl groups is 1. The van der Waals surface area contributed by atoms with Gasteiger partial charge in [0, 0.05) is 27.6 Å². The molecule has 7 heteroatoms. The Morgan fingerprint density at radius 2 is 2.31 bits per heavy atom. The van der Waals surface area contributed by atoms with E-state index in [-0.39, 0.29) is 18.8 Å². The molecule has 0 spiro atoms. The molecular formula is C6H10I2O3S2. The maximum atomic E-state index is 8.94. The van der Waals surface area contributed by atoms with Crippen molar-refractivity contribution in [2.75, 3.05) is 13.2 Å². The van der Waals surface area contributed by atoms with Gasteiger partial charge >= 0.3 is 0 Å². The zero-order chi connectivity index (χ0) is 9.68. The van der Waals surface area contributed by atoms with Crippen molar-refractivity contribution in [2.45, 2.75) is 23.9 Å². The van der Waals surface area contributed by atoms with E-state index in [9.17, 15) is 0 Å². The zero-order valence-corrected chi connectivity index (χ0v) is 12.6. The van der Waals surface area contributed by atoms with Crippen molar-refractivity contribution in [3.8, 4) is 0 Å². The lowest BCUT2D eigenvalue weighted by Crippen LogP contribution is -2.40. The van der Waals surface area contributed by atoms with E-state index in [1.54, 1.807) is 8.93 Å². The van der Waals surface area contributed by atoms with Gasteiger partial charge in [-0.3, -0.25) is 0 Å². The molecule has 1 fully saturated rings. The third-order valence-corrected chi connectivity index (χ3v) is 5.45. The van der Waals surface area contributed by atoms with E-state index < -0.39 is 0 Å². The average molecular weight is 448 g/mol. The largest absolute Gasteiger partial charge is 0.394 e. The first-order valence-corrected chi connectivity index (χ1v) is 10.5. The van der Waals surface area contributed by atoms with Gasteiger partial charge in [0.15, 0.2) is 0 Å². The number of ether oxygens (including phenoxy) is 1. The zero-order valence-electron chi connectivity index (χ0n) is 6.69. The summed E-state index contributed by atoms with van der Waals surface area (Å²) >= 11 is 4.38. The van der Waals surface area contributed by atoms with E-state index in [1.807, 2.05) is 0 Å². The third kappa shape index (κ3) is 4.19. The van der Waals surface area contributed by atoms with Gasteiger partial charge in [0.1, 0.15) is 0 Å². The standard InChI is InChI=1S/C6H10I2O3S2/c7-12-6-3-10-4(2-9)1-5(6)11-13-8/h4-6,9H,1-3H2.